The van der Waals surface area contributed by atoms with Crippen LogP contribution in [0.4, 0.5) is 18.9 Å². The minimum Gasteiger partial charge on any atom is -0.378 e. The van der Waals surface area contributed by atoms with Gasteiger partial charge < -0.3 is 5.32 Å². The minimum atomic E-state index is -4.53. The van der Waals surface area contributed by atoms with Gasteiger partial charge in [0.2, 0.25) is 0 Å². The van der Waals surface area contributed by atoms with Gasteiger partial charge in [-0.15, -0.1) is 0 Å². The lowest BCUT2D eigenvalue weighted by Gasteiger charge is -2.18. The molecule has 0 aliphatic heterocycles. The summed E-state index contributed by atoms with van der Waals surface area (Å²) in [5.41, 5.74) is 1.23. The van der Waals surface area contributed by atoms with Crippen LogP contribution in [0.5, 0.6) is 0 Å². The van der Waals surface area contributed by atoms with Gasteiger partial charge in [0, 0.05) is 11.6 Å². The smallest absolute Gasteiger partial charge is 0.378 e. The first kappa shape index (κ1) is 22.0. The molecule has 1 aliphatic carbocycles. The molecule has 1 saturated carbocycles. The number of hydrogen-bond donors (Lipinski definition) is 1. The SMILES string of the molecule is O=C(CNc1ccc(/C=C/C(c2cc(Cl)c(Cl)c(Cl)c2)C(F)(F)F)cc1)C1CC1. The summed E-state index contributed by atoms with van der Waals surface area (Å²) >= 11 is 17.6. The molecule has 29 heavy (non-hydrogen) atoms. The van der Waals surface area contributed by atoms with Gasteiger partial charge in [-0.2, -0.15) is 13.2 Å². The highest BCUT2D eigenvalue weighted by molar-refractivity contribution is 6.48. The Morgan fingerprint density at radius 1 is 1.10 bits per heavy atom. The van der Waals surface area contributed by atoms with Gasteiger partial charge in [0.1, 0.15) is 0 Å². The van der Waals surface area contributed by atoms with E-state index in [1.807, 2.05) is 0 Å². The lowest BCUT2D eigenvalue weighted by atomic mass is 9.97. The first-order valence-corrected chi connectivity index (χ1v) is 10.0. The number of halogens is 6. The zero-order chi connectivity index (χ0) is 21.2. The van der Waals surface area contributed by atoms with Crippen LogP contribution in [0.2, 0.25) is 15.1 Å². The number of hydrogen-bond acceptors (Lipinski definition) is 2. The first-order chi connectivity index (χ1) is 13.6. The molecule has 1 fully saturated rings. The molecule has 2 aromatic carbocycles. The maximum Gasteiger partial charge on any atom is 0.399 e. The summed E-state index contributed by atoms with van der Waals surface area (Å²) in [5, 5.41) is 2.98. The summed E-state index contributed by atoms with van der Waals surface area (Å²) < 4.78 is 40.7. The number of carbonyl (C=O) groups is 1. The highest BCUT2D eigenvalue weighted by Crippen LogP contribution is 2.41. The highest BCUT2D eigenvalue weighted by atomic mass is 35.5. The Kier molecular flexibility index (Phi) is 6.82. The fraction of sp³-hybridized carbons (Fsp3) is 0.286. The van der Waals surface area contributed by atoms with Crippen molar-refractivity contribution < 1.29 is 18.0 Å². The monoisotopic (exact) mass is 461 g/mol. The van der Waals surface area contributed by atoms with Crippen LogP contribution < -0.4 is 5.32 Å². The number of ketones is 1. The van der Waals surface area contributed by atoms with Crippen molar-refractivity contribution in [2.24, 2.45) is 5.92 Å². The van der Waals surface area contributed by atoms with Gasteiger partial charge >= 0.3 is 6.18 Å². The molecule has 1 N–H and O–H groups in total. The Balaban J connectivity index is 1.73. The van der Waals surface area contributed by atoms with E-state index in [2.05, 4.69) is 5.32 Å². The molecule has 1 atom stereocenters. The molecule has 1 unspecified atom stereocenters. The zero-order valence-electron chi connectivity index (χ0n) is 15.1. The summed E-state index contributed by atoms with van der Waals surface area (Å²) in [4.78, 5) is 11.7. The molecule has 0 bridgehead atoms. The summed E-state index contributed by atoms with van der Waals surface area (Å²) in [7, 11) is 0. The Morgan fingerprint density at radius 2 is 1.69 bits per heavy atom. The van der Waals surface area contributed by atoms with Crippen molar-refractivity contribution >= 4 is 52.3 Å². The van der Waals surface area contributed by atoms with Gasteiger partial charge in [-0.1, -0.05) is 59.1 Å². The van der Waals surface area contributed by atoms with E-state index in [-0.39, 0.29) is 38.9 Å². The third-order valence-corrected chi connectivity index (χ3v) is 5.81. The second-order valence-corrected chi connectivity index (χ2v) is 8.09. The topological polar surface area (TPSA) is 29.1 Å². The van der Waals surface area contributed by atoms with Crippen molar-refractivity contribution in [3.63, 3.8) is 0 Å². The molecule has 8 heteroatoms. The molecule has 0 heterocycles. The van der Waals surface area contributed by atoms with Crippen molar-refractivity contribution in [1.29, 1.82) is 0 Å². The largest absolute Gasteiger partial charge is 0.399 e. The van der Waals surface area contributed by atoms with Crippen LogP contribution in [0.1, 0.15) is 29.9 Å². The molecule has 0 amide bonds. The van der Waals surface area contributed by atoms with Crippen LogP contribution in [-0.4, -0.2) is 18.5 Å². The molecule has 2 nitrogen and oxygen atoms in total. The second kappa shape index (κ2) is 8.99. The standard InChI is InChI=1S/C21H17Cl3F3NO/c22-17-9-14(10-18(23)20(17)24)16(21(25,26)27)8-3-12-1-6-15(7-2-12)28-11-19(29)13-4-5-13/h1-3,6-10,13,16,28H,4-5,11H2/b8-3+. The number of alkyl halides is 3. The summed E-state index contributed by atoms with van der Waals surface area (Å²) in [6, 6.07) is 9.13. The van der Waals surface area contributed by atoms with E-state index in [9.17, 15) is 18.0 Å². The van der Waals surface area contributed by atoms with Crippen molar-refractivity contribution in [2.75, 3.05) is 11.9 Å². The Hall–Kier alpha value is -1.69. The molecule has 0 aromatic heterocycles. The molecule has 1 aliphatic rings. The Labute approximate surface area is 181 Å². The van der Waals surface area contributed by atoms with Crippen LogP contribution in [0.15, 0.2) is 42.5 Å². The predicted octanol–water partition coefficient (Wildman–Crippen LogP) is 7.40. The van der Waals surface area contributed by atoms with Crippen LogP contribution in [0, 0.1) is 5.92 Å². The van der Waals surface area contributed by atoms with Gasteiger partial charge in [-0.25, -0.2) is 0 Å². The highest BCUT2D eigenvalue weighted by Gasteiger charge is 2.39. The normalized spacial score (nSPS) is 15.5. The van der Waals surface area contributed by atoms with Gasteiger partial charge in [-0.05, 0) is 48.2 Å². The van der Waals surface area contributed by atoms with Crippen LogP contribution in [-0.2, 0) is 4.79 Å². The number of carbonyl (C=O) groups excluding carboxylic acids is 1. The molecular formula is C21H17Cl3F3NO. The Bertz CT molecular complexity index is 899. The van der Waals surface area contributed by atoms with E-state index < -0.39 is 12.1 Å². The second-order valence-electron chi connectivity index (χ2n) is 6.89. The molecule has 0 spiro atoms. The minimum absolute atomic E-state index is 0.0187. The van der Waals surface area contributed by atoms with Crippen molar-refractivity contribution in [1.82, 2.24) is 0 Å². The zero-order valence-corrected chi connectivity index (χ0v) is 17.3. The molecule has 0 saturated heterocycles. The molecule has 2 aromatic rings. The van der Waals surface area contributed by atoms with Crippen LogP contribution in [0.25, 0.3) is 6.08 Å². The maximum absolute atomic E-state index is 13.6. The average molecular weight is 463 g/mol. The van der Waals surface area contributed by atoms with E-state index in [1.54, 1.807) is 24.3 Å². The van der Waals surface area contributed by atoms with Gasteiger partial charge in [0.05, 0.1) is 27.5 Å². The van der Waals surface area contributed by atoms with Gasteiger partial charge in [0.15, 0.2) is 5.78 Å². The summed E-state index contributed by atoms with van der Waals surface area (Å²) in [5.74, 6) is -1.52. The third-order valence-electron chi connectivity index (χ3n) is 4.61. The summed E-state index contributed by atoms with van der Waals surface area (Å²) in [6.07, 6.45) is -0.187. The van der Waals surface area contributed by atoms with Crippen molar-refractivity contribution in [3.8, 4) is 0 Å². The number of anilines is 1. The van der Waals surface area contributed by atoms with Gasteiger partial charge in [-0.3, -0.25) is 4.79 Å². The van der Waals surface area contributed by atoms with E-state index >= 15 is 0 Å². The predicted molar refractivity (Wildman–Crippen MR) is 112 cm³/mol. The lowest BCUT2D eigenvalue weighted by Crippen LogP contribution is -2.19. The van der Waals surface area contributed by atoms with E-state index in [1.165, 1.54) is 18.2 Å². The van der Waals surface area contributed by atoms with E-state index in [4.69, 9.17) is 34.8 Å². The third kappa shape index (κ3) is 5.91. The van der Waals surface area contributed by atoms with Crippen molar-refractivity contribution in [2.45, 2.75) is 24.9 Å². The molecule has 154 valence electrons. The Morgan fingerprint density at radius 3 is 2.21 bits per heavy atom. The number of nitrogens with one attached hydrogen (secondary N) is 1. The quantitative estimate of drug-likeness (QED) is 0.434. The number of allylic oxidation sites excluding steroid dienone is 1. The molecule has 3 rings (SSSR count). The molecular weight excluding hydrogens is 446 g/mol. The first-order valence-electron chi connectivity index (χ1n) is 8.91. The van der Waals surface area contributed by atoms with E-state index in [0.717, 1.165) is 24.6 Å². The lowest BCUT2D eigenvalue weighted by molar-refractivity contribution is -0.139. The molecule has 0 radical (unpaired) electrons. The van der Waals surface area contributed by atoms with E-state index in [0.29, 0.717) is 5.56 Å². The fourth-order valence-electron chi connectivity index (χ4n) is 2.82. The fourth-order valence-corrected chi connectivity index (χ4v) is 3.44. The van der Waals surface area contributed by atoms with Crippen LogP contribution in [0.3, 0.4) is 0 Å². The van der Waals surface area contributed by atoms with Crippen molar-refractivity contribution in [3.05, 3.63) is 68.7 Å². The summed E-state index contributed by atoms with van der Waals surface area (Å²) in [6.45, 7) is 0.258. The average Bonchev–Trinajstić information content (AvgIpc) is 3.49. The number of benzene rings is 2. The number of rotatable bonds is 7. The maximum atomic E-state index is 13.6. The van der Waals surface area contributed by atoms with Crippen LogP contribution >= 0.6 is 34.8 Å². The number of Topliss-reactive ketones (excluding diaryl/α,β-unsaturated/α-hetero) is 1. The van der Waals surface area contributed by atoms with Gasteiger partial charge in [0.25, 0.3) is 0 Å².